The predicted octanol–water partition coefficient (Wildman–Crippen LogP) is 3.19. The molecule has 1 aliphatic heterocycles. The Kier molecular flexibility index (Phi) is 5.62. The van der Waals surface area contributed by atoms with Gasteiger partial charge in [0.2, 0.25) is 5.91 Å². The number of H-pyrrole nitrogens is 1. The highest BCUT2D eigenvalue weighted by Gasteiger charge is 2.33. The average Bonchev–Trinajstić information content (AvgIpc) is 2.67. The molecule has 0 aliphatic carbocycles. The summed E-state index contributed by atoms with van der Waals surface area (Å²) >= 11 is 0. The number of hydrogen-bond donors (Lipinski definition) is 1. The molecule has 144 valence electrons. The molecule has 2 aromatic rings. The van der Waals surface area contributed by atoms with Crippen molar-refractivity contribution in [2.24, 2.45) is 5.92 Å². The van der Waals surface area contributed by atoms with Crippen LogP contribution in [-0.2, 0) is 17.5 Å². The van der Waals surface area contributed by atoms with Gasteiger partial charge in [-0.2, -0.15) is 13.2 Å². The summed E-state index contributed by atoms with van der Waals surface area (Å²) in [6, 6.07) is 8.41. The molecule has 0 radical (unpaired) electrons. The van der Waals surface area contributed by atoms with Crippen LogP contribution in [0.25, 0.3) is 0 Å². The predicted molar refractivity (Wildman–Crippen MR) is 91.2 cm³/mol. The van der Waals surface area contributed by atoms with Crippen LogP contribution >= 0.6 is 0 Å². The van der Waals surface area contributed by atoms with Crippen LogP contribution in [0.2, 0.25) is 0 Å². The zero-order valence-corrected chi connectivity index (χ0v) is 14.5. The number of piperidine rings is 1. The van der Waals surface area contributed by atoms with Crippen molar-refractivity contribution >= 4 is 11.7 Å². The number of aromatic amines is 1. The maximum atomic E-state index is 12.9. The van der Waals surface area contributed by atoms with Crippen LogP contribution in [-0.4, -0.2) is 19.0 Å². The molecule has 2 heterocycles. The van der Waals surface area contributed by atoms with Gasteiger partial charge in [0.05, 0.1) is 18.7 Å². The molecule has 3 rings (SSSR count). The highest BCUT2D eigenvalue weighted by atomic mass is 19.4. The highest BCUT2D eigenvalue weighted by molar-refractivity contribution is 5.78. The van der Waals surface area contributed by atoms with Crippen LogP contribution in [0.5, 0.6) is 0 Å². The van der Waals surface area contributed by atoms with Gasteiger partial charge >= 0.3 is 6.18 Å². The summed E-state index contributed by atoms with van der Waals surface area (Å²) in [5, 5.41) is 2.85. The van der Waals surface area contributed by atoms with Crippen LogP contribution in [0.3, 0.4) is 0 Å². The SMILES string of the molecule is O=C(NCc1ccc(F)cc1)C1CCN(c2ccc(C(F)(F)F)c[nH+]2)CC1. The standard InChI is InChI=1S/C19H19F4N3O/c20-16-4-1-13(2-5-16)11-25-18(27)14-7-9-26(10-8-14)17-6-3-15(12-24-17)19(21,22)23/h1-6,12,14H,7-11H2,(H,25,27)/p+1. The third-order valence-electron chi connectivity index (χ3n) is 4.71. The number of aromatic nitrogens is 1. The fourth-order valence-corrected chi connectivity index (χ4v) is 3.11. The molecule has 1 aromatic heterocycles. The van der Waals surface area contributed by atoms with E-state index in [1.54, 1.807) is 12.1 Å². The molecule has 0 saturated carbocycles. The molecule has 0 spiro atoms. The third kappa shape index (κ3) is 4.96. The fourth-order valence-electron chi connectivity index (χ4n) is 3.11. The summed E-state index contributed by atoms with van der Waals surface area (Å²) < 4.78 is 50.7. The van der Waals surface area contributed by atoms with E-state index < -0.39 is 11.7 Å². The Bertz CT molecular complexity index is 767. The minimum atomic E-state index is -4.37. The maximum Gasteiger partial charge on any atom is 0.419 e. The lowest BCUT2D eigenvalue weighted by atomic mass is 9.95. The largest absolute Gasteiger partial charge is 0.419 e. The Hall–Kier alpha value is -2.64. The molecule has 0 atom stereocenters. The number of pyridine rings is 1. The van der Waals surface area contributed by atoms with Crippen LogP contribution in [0, 0.1) is 11.7 Å². The van der Waals surface area contributed by atoms with Crippen molar-refractivity contribution in [2.75, 3.05) is 18.0 Å². The van der Waals surface area contributed by atoms with E-state index in [1.165, 1.54) is 18.2 Å². The van der Waals surface area contributed by atoms with Gasteiger partial charge in [-0.25, -0.2) is 9.37 Å². The second-order valence-corrected chi connectivity index (χ2v) is 6.57. The number of rotatable bonds is 4. The Morgan fingerprint density at radius 2 is 1.78 bits per heavy atom. The number of alkyl halides is 3. The zero-order valence-electron chi connectivity index (χ0n) is 14.5. The van der Waals surface area contributed by atoms with Crippen LogP contribution in [0.4, 0.5) is 23.4 Å². The van der Waals surface area contributed by atoms with Crippen molar-refractivity contribution in [1.82, 2.24) is 5.32 Å². The molecule has 1 aromatic carbocycles. The summed E-state index contributed by atoms with van der Waals surface area (Å²) in [4.78, 5) is 16.9. The van der Waals surface area contributed by atoms with Gasteiger partial charge in [0, 0.05) is 18.5 Å². The van der Waals surface area contributed by atoms with Gasteiger partial charge in [-0.15, -0.1) is 0 Å². The second kappa shape index (κ2) is 7.94. The fraction of sp³-hybridized carbons (Fsp3) is 0.368. The first-order chi connectivity index (χ1) is 12.8. The summed E-state index contributed by atoms with van der Waals surface area (Å²) in [5.74, 6) is 0.0808. The average molecular weight is 382 g/mol. The van der Waals surface area contributed by atoms with E-state index in [0.29, 0.717) is 38.3 Å². The minimum absolute atomic E-state index is 0.0598. The monoisotopic (exact) mass is 382 g/mol. The number of carbonyl (C=O) groups excluding carboxylic acids is 1. The van der Waals surface area contributed by atoms with Gasteiger partial charge in [-0.1, -0.05) is 12.1 Å². The first kappa shape index (κ1) is 19.1. The zero-order chi connectivity index (χ0) is 19.4. The van der Waals surface area contributed by atoms with Gasteiger partial charge < -0.3 is 5.32 Å². The Morgan fingerprint density at radius 3 is 2.33 bits per heavy atom. The molecule has 2 N–H and O–H groups in total. The number of anilines is 1. The Labute approximate surface area is 154 Å². The van der Waals surface area contributed by atoms with Gasteiger partial charge in [0.1, 0.15) is 12.0 Å². The second-order valence-electron chi connectivity index (χ2n) is 6.57. The van der Waals surface area contributed by atoms with Crippen LogP contribution < -0.4 is 15.2 Å². The molecule has 0 unspecified atom stereocenters. The van der Waals surface area contributed by atoms with Gasteiger partial charge in [0.25, 0.3) is 5.82 Å². The molecule has 4 nitrogen and oxygen atoms in total. The van der Waals surface area contributed by atoms with E-state index in [4.69, 9.17) is 0 Å². The Morgan fingerprint density at radius 1 is 1.11 bits per heavy atom. The van der Waals surface area contributed by atoms with E-state index in [2.05, 4.69) is 10.3 Å². The van der Waals surface area contributed by atoms with Crippen LogP contribution in [0.1, 0.15) is 24.0 Å². The van der Waals surface area contributed by atoms with E-state index in [0.717, 1.165) is 17.8 Å². The van der Waals surface area contributed by atoms with Crippen molar-refractivity contribution in [3.8, 4) is 0 Å². The molecular weight excluding hydrogens is 362 g/mol. The maximum absolute atomic E-state index is 12.9. The number of benzene rings is 1. The topological polar surface area (TPSA) is 46.5 Å². The normalized spacial score (nSPS) is 15.6. The molecule has 1 amide bonds. The van der Waals surface area contributed by atoms with E-state index >= 15 is 0 Å². The minimum Gasteiger partial charge on any atom is -0.352 e. The number of carbonyl (C=O) groups is 1. The summed E-state index contributed by atoms with van der Waals surface area (Å²) in [6.45, 7) is 1.50. The molecule has 27 heavy (non-hydrogen) atoms. The molecule has 1 saturated heterocycles. The van der Waals surface area contributed by atoms with Crippen molar-refractivity contribution in [1.29, 1.82) is 0 Å². The van der Waals surface area contributed by atoms with Gasteiger partial charge in [-0.05, 0) is 36.6 Å². The van der Waals surface area contributed by atoms with E-state index in [1.807, 2.05) is 4.90 Å². The lowest BCUT2D eigenvalue weighted by Gasteiger charge is -2.27. The molecule has 8 heteroatoms. The summed E-state index contributed by atoms with van der Waals surface area (Å²) in [5.41, 5.74) is 0.0999. The van der Waals surface area contributed by atoms with E-state index in [9.17, 15) is 22.4 Å². The quantitative estimate of drug-likeness (QED) is 0.826. The van der Waals surface area contributed by atoms with E-state index in [-0.39, 0.29) is 17.6 Å². The summed E-state index contributed by atoms with van der Waals surface area (Å²) in [7, 11) is 0. The third-order valence-corrected chi connectivity index (χ3v) is 4.71. The lowest BCUT2D eigenvalue weighted by Crippen LogP contribution is -2.42. The highest BCUT2D eigenvalue weighted by Crippen LogP contribution is 2.29. The first-order valence-electron chi connectivity index (χ1n) is 8.69. The van der Waals surface area contributed by atoms with Gasteiger partial charge in [-0.3, -0.25) is 9.69 Å². The van der Waals surface area contributed by atoms with Crippen molar-refractivity contribution in [3.05, 3.63) is 59.5 Å². The number of amides is 1. The number of nitrogens with zero attached hydrogens (tertiary/aromatic N) is 1. The van der Waals surface area contributed by atoms with Crippen molar-refractivity contribution in [2.45, 2.75) is 25.6 Å². The molecule has 1 fully saturated rings. The van der Waals surface area contributed by atoms with Crippen LogP contribution in [0.15, 0.2) is 42.6 Å². The lowest BCUT2D eigenvalue weighted by molar-refractivity contribution is -0.367. The number of halogens is 4. The van der Waals surface area contributed by atoms with Crippen molar-refractivity contribution in [3.63, 3.8) is 0 Å². The Balaban J connectivity index is 1.49. The summed E-state index contributed by atoms with van der Waals surface area (Å²) in [6.07, 6.45) is -2.18. The smallest absolute Gasteiger partial charge is 0.352 e. The first-order valence-corrected chi connectivity index (χ1v) is 8.69. The van der Waals surface area contributed by atoms with Gasteiger partial charge in [0.15, 0.2) is 0 Å². The number of nitrogens with one attached hydrogen (secondary N) is 2. The molecule has 1 aliphatic rings. The molecular formula is C19H20F4N3O+. The number of hydrogen-bond acceptors (Lipinski definition) is 2. The van der Waals surface area contributed by atoms with Crippen molar-refractivity contribution < 1.29 is 27.3 Å². The molecule has 0 bridgehead atoms.